The highest BCUT2D eigenvalue weighted by molar-refractivity contribution is 7.14. The summed E-state index contributed by atoms with van der Waals surface area (Å²) < 4.78 is 0. The number of carboxylic acids is 1. The van der Waals surface area contributed by atoms with E-state index in [-0.39, 0.29) is 18.7 Å². The molecule has 0 aliphatic rings. The van der Waals surface area contributed by atoms with Crippen LogP contribution in [0.1, 0.15) is 18.4 Å². The number of carbonyl (C=O) groups is 2. The summed E-state index contributed by atoms with van der Waals surface area (Å²) in [6.45, 7) is 0. The van der Waals surface area contributed by atoms with E-state index < -0.39 is 11.9 Å². The standard InChI is InChI=1S/C22H21ClN2O3S/c1-25(22-24-19(14-29-22)17-9-5-6-10-18(17)23)21(28)16(11-12-20(26)27)13-15-7-3-2-4-8-15/h2-10,14,16H,11-13H2,1H3,(H,26,27)/t16-/m1/s1. The Morgan fingerprint density at radius 3 is 2.52 bits per heavy atom. The molecule has 150 valence electrons. The van der Waals surface area contributed by atoms with Crippen LogP contribution >= 0.6 is 22.9 Å². The van der Waals surface area contributed by atoms with Gasteiger partial charge in [0.05, 0.1) is 5.69 Å². The Kier molecular flexibility index (Phi) is 7.01. The molecule has 1 aromatic heterocycles. The first kappa shape index (κ1) is 21.0. The van der Waals surface area contributed by atoms with Crippen molar-refractivity contribution in [2.75, 3.05) is 11.9 Å². The molecule has 0 spiro atoms. The Morgan fingerprint density at radius 2 is 1.83 bits per heavy atom. The molecule has 0 fully saturated rings. The molecular weight excluding hydrogens is 408 g/mol. The van der Waals surface area contributed by atoms with Gasteiger partial charge in [-0.15, -0.1) is 11.3 Å². The number of anilines is 1. The van der Waals surface area contributed by atoms with Crippen LogP contribution < -0.4 is 4.90 Å². The van der Waals surface area contributed by atoms with Crippen molar-refractivity contribution in [2.45, 2.75) is 19.3 Å². The van der Waals surface area contributed by atoms with Gasteiger partial charge in [-0.05, 0) is 24.5 Å². The van der Waals surface area contributed by atoms with Gasteiger partial charge in [0.25, 0.3) is 0 Å². The van der Waals surface area contributed by atoms with Crippen LogP contribution in [0.3, 0.4) is 0 Å². The van der Waals surface area contributed by atoms with Crippen molar-refractivity contribution in [2.24, 2.45) is 5.92 Å². The van der Waals surface area contributed by atoms with E-state index in [0.717, 1.165) is 11.1 Å². The molecule has 29 heavy (non-hydrogen) atoms. The second-order valence-corrected chi connectivity index (χ2v) is 7.96. The van der Waals surface area contributed by atoms with Gasteiger partial charge in [-0.2, -0.15) is 0 Å². The molecule has 0 unspecified atom stereocenters. The Morgan fingerprint density at radius 1 is 1.14 bits per heavy atom. The van der Waals surface area contributed by atoms with Gasteiger partial charge in [0.2, 0.25) is 5.91 Å². The van der Waals surface area contributed by atoms with Crippen LogP contribution in [0.15, 0.2) is 60.0 Å². The highest BCUT2D eigenvalue weighted by Crippen LogP contribution is 2.32. The third-order valence-corrected chi connectivity index (χ3v) is 5.89. The lowest BCUT2D eigenvalue weighted by atomic mass is 9.93. The van der Waals surface area contributed by atoms with Crippen molar-refractivity contribution in [1.29, 1.82) is 0 Å². The summed E-state index contributed by atoms with van der Waals surface area (Å²) in [7, 11) is 1.68. The van der Waals surface area contributed by atoms with Crippen molar-refractivity contribution in [1.82, 2.24) is 4.98 Å². The summed E-state index contributed by atoms with van der Waals surface area (Å²) in [4.78, 5) is 30.3. The molecule has 0 radical (unpaired) electrons. The summed E-state index contributed by atoms with van der Waals surface area (Å²) in [6.07, 6.45) is 0.704. The lowest BCUT2D eigenvalue weighted by Crippen LogP contribution is -2.34. The molecule has 0 saturated heterocycles. The second kappa shape index (κ2) is 9.67. The van der Waals surface area contributed by atoms with Crippen LogP contribution in [0.4, 0.5) is 5.13 Å². The van der Waals surface area contributed by atoms with E-state index in [9.17, 15) is 9.59 Å². The number of halogens is 1. The van der Waals surface area contributed by atoms with Crippen molar-refractivity contribution in [3.63, 3.8) is 0 Å². The van der Waals surface area contributed by atoms with E-state index in [1.54, 1.807) is 13.1 Å². The Bertz CT molecular complexity index is 990. The quantitative estimate of drug-likeness (QED) is 0.538. The highest BCUT2D eigenvalue weighted by atomic mass is 35.5. The normalized spacial score (nSPS) is 11.8. The number of nitrogens with zero attached hydrogens (tertiary/aromatic N) is 2. The molecule has 0 aliphatic carbocycles. The Balaban J connectivity index is 1.79. The average Bonchev–Trinajstić information content (AvgIpc) is 3.21. The molecule has 0 aliphatic heterocycles. The molecule has 2 aromatic carbocycles. The summed E-state index contributed by atoms with van der Waals surface area (Å²) in [5.74, 6) is -1.49. The van der Waals surface area contributed by atoms with Crippen LogP contribution in [-0.4, -0.2) is 29.0 Å². The average molecular weight is 429 g/mol. The summed E-state index contributed by atoms with van der Waals surface area (Å²) in [6, 6.07) is 17.0. The maximum Gasteiger partial charge on any atom is 0.303 e. The van der Waals surface area contributed by atoms with Crippen LogP contribution in [0.25, 0.3) is 11.3 Å². The number of aromatic nitrogens is 1. The number of carbonyl (C=O) groups excluding carboxylic acids is 1. The summed E-state index contributed by atoms with van der Waals surface area (Å²) in [5, 5.41) is 12.1. The molecule has 1 atom stereocenters. The molecule has 3 rings (SSSR count). The molecular formula is C22H21ClN2O3S. The fraction of sp³-hybridized carbons (Fsp3) is 0.227. The first-order valence-corrected chi connectivity index (χ1v) is 10.4. The third kappa shape index (κ3) is 5.43. The smallest absolute Gasteiger partial charge is 0.303 e. The minimum absolute atomic E-state index is 0.0557. The zero-order valence-corrected chi connectivity index (χ0v) is 17.5. The van der Waals surface area contributed by atoms with Crippen LogP contribution in [-0.2, 0) is 16.0 Å². The van der Waals surface area contributed by atoms with Gasteiger partial charge in [0, 0.05) is 35.4 Å². The van der Waals surface area contributed by atoms with E-state index in [1.807, 2.05) is 53.9 Å². The largest absolute Gasteiger partial charge is 0.481 e. The van der Waals surface area contributed by atoms with Crippen LogP contribution in [0.2, 0.25) is 5.02 Å². The first-order chi connectivity index (χ1) is 14.0. The predicted octanol–water partition coefficient (Wildman–Crippen LogP) is 5.15. The predicted molar refractivity (Wildman–Crippen MR) is 116 cm³/mol. The van der Waals surface area contributed by atoms with Gasteiger partial charge >= 0.3 is 5.97 Å². The first-order valence-electron chi connectivity index (χ1n) is 9.19. The molecule has 5 nitrogen and oxygen atoms in total. The maximum atomic E-state index is 13.1. The number of aliphatic carboxylic acids is 1. The van der Waals surface area contributed by atoms with E-state index in [0.29, 0.717) is 22.3 Å². The lowest BCUT2D eigenvalue weighted by Gasteiger charge is -2.21. The van der Waals surface area contributed by atoms with Crippen molar-refractivity contribution >= 4 is 39.9 Å². The minimum Gasteiger partial charge on any atom is -0.481 e. The molecule has 7 heteroatoms. The Hall–Kier alpha value is -2.70. The fourth-order valence-electron chi connectivity index (χ4n) is 3.09. The zero-order valence-electron chi connectivity index (χ0n) is 15.9. The van der Waals surface area contributed by atoms with Crippen molar-refractivity contribution < 1.29 is 14.7 Å². The van der Waals surface area contributed by atoms with Gasteiger partial charge in [-0.1, -0.05) is 60.1 Å². The monoisotopic (exact) mass is 428 g/mol. The zero-order chi connectivity index (χ0) is 20.8. The van der Waals surface area contributed by atoms with Gasteiger partial charge in [0.1, 0.15) is 0 Å². The van der Waals surface area contributed by atoms with Crippen LogP contribution in [0.5, 0.6) is 0 Å². The maximum absolute atomic E-state index is 13.1. The minimum atomic E-state index is -0.909. The third-order valence-electron chi connectivity index (χ3n) is 4.64. The Labute approximate surface area is 178 Å². The summed E-state index contributed by atoms with van der Waals surface area (Å²) in [5.41, 5.74) is 2.52. The van der Waals surface area contributed by atoms with Gasteiger partial charge in [0.15, 0.2) is 5.13 Å². The number of hydrogen-bond acceptors (Lipinski definition) is 4. The van der Waals surface area contributed by atoms with Crippen LogP contribution in [0, 0.1) is 5.92 Å². The fourth-order valence-corrected chi connectivity index (χ4v) is 4.12. The highest BCUT2D eigenvalue weighted by Gasteiger charge is 2.26. The molecule has 1 amide bonds. The number of carboxylic acid groups (broad SMARTS) is 1. The van der Waals surface area contributed by atoms with E-state index >= 15 is 0 Å². The molecule has 0 bridgehead atoms. The number of hydrogen-bond donors (Lipinski definition) is 1. The number of thiazole rings is 1. The van der Waals surface area contributed by atoms with E-state index in [4.69, 9.17) is 16.7 Å². The second-order valence-electron chi connectivity index (χ2n) is 6.71. The van der Waals surface area contributed by atoms with Gasteiger partial charge in [-0.25, -0.2) is 4.98 Å². The molecule has 1 N–H and O–H groups in total. The summed E-state index contributed by atoms with van der Waals surface area (Å²) >= 11 is 7.61. The van der Waals surface area contributed by atoms with Crippen molar-refractivity contribution in [3.8, 4) is 11.3 Å². The van der Waals surface area contributed by atoms with Crippen molar-refractivity contribution in [3.05, 3.63) is 70.6 Å². The lowest BCUT2D eigenvalue weighted by molar-refractivity contribution is -0.137. The SMILES string of the molecule is CN(C(=O)[C@H](CCC(=O)O)Cc1ccccc1)c1nc(-c2ccccc2Cl)cs1. The van der Waals surface area contributed by atoms with Gasteiger partial charge < -0.3 is 5.11 Å². The van der Waals surface area contributed by atoms with Gasteiger partial charge in [-0.3, -0.25) is 14.5 Å². The van der Waals surface area contributed by atoms with E-state index in [1.165, 1.54) is 16.2 Å². The number of benzene rings is 2. The number of rotatable bonds is 8. The molecule has 1 heterocycles. The number of amides is 1. The topological polar surface area (TPSA) is 70.5 Å². The molecule has 3 aromatic rings. The molecule has 0 saturated carbocycles. The van der Waals surface area contributed by atoms with E-state index in [2.05, 4.69) is 4.98 Å².